The fourth-order valence-electron chi connectivity index (χ4n) is 3.00. The molecule has 6 nitrogen and oxygen atoms in total. The van der Waals surface area contributed by atoms with Gasteiger partial charge in [-0.15, -0.1) is 0 Å². The first kappa shape index (κ1) is 13.1. The molecule has 0 aromatic carbocycles. The van der Waals surface area contributed by atoms with Gasteiger partial charge < -0.3 is 20.9 Å². The van der Waals surface area contributed by atoms with Gasteiger partial charge in [-0.2, -0.15) is 0 Å². The molecule has 2 unspecified atom stereocenters. The van der Waals surface area contributed by atoms with Gasteiger partial charge in [0.25, 0.3) is 0 Å². The number of hydrogen-bond donors (Lipinski definition) is 2. The smallest absolute Gasteiger partial charge is 0.315 e. The molecule has 18 heavy (non-hydrogen) atoms. The lowest BCUT2D eigenvalue weighted by Gasteiger charge is -2.38. The molecule has 3 N–H and O–H groups in total. The summed E-state index contributed by atoms with van der Waals surface area (Å²) < 4.78 is 0. The average Bonchev–Trinajstić information content (AvgIpc) is 2.75. The number of carbonyl (C=O) groups is 2. The molecule has 2 rings (SSSR count). The molecule has 6 heteroatoms. The van der Waals surface area contributed by atoms with Gasteiger partial charge in [0, 0.05) is 31.7 Å². The number of urea groups is 1. The molecular weight excluding hydrogens is 232 g/mol. The zero-order chi connectivity index (χ0) is 13.3. The standard InChI is InChI=1S/C12H22N4O2/c1-8-6-15(7-9(2)14-8)11(17)10-4-3-5-16(10)12(13)18/h8-10,14H,3-7H2,1-2H3,(H2,13,18)/t8?,9?,10-/m0/s1. The Hall–Kier alpha value is -1.30. The monoisotopic (exact) mass is 254 g/mol. The van der Waals surface area contributed by atoms with Crippen LogP contribution in [0.5, 0.6) is 0 Å². The van der Waals surface area contributed by atoms with Crippen LogP contribution in [-0.2, 0) is 4.79 Å². The van der Waals surface area contributed by atoms with E-state index >= 15 is 0 Å². The molecule has 3 amide bonds. The first-order chi connectivity index (χ1) is 8.49. The first-order valence-electron chi connectivity index (χ1n) is 6.60. The maximum absolute atomic E-state index is 12.5. The molecule has 3 atom stereocenters. The highest BCUT2D eigenvalue weighted by atomic mass is 16.2. The van der Waals surface area contributed by atoms with E-state index in [0.717, 1.165) is 12.8 Å². The lowest BCUT2D eigenvalue weighted by Crippen LogP contribution is -2.59. The molecule has 0 saturated carbocycles. The van der Waals surface area contributed by atoms with Gasteiger partial charge in [0.2, 0.25) is 5.91 Å². The van der Waals surface area contributed by atoms with Crippen molar-refractivity contribution in [2.45, 2.75) is 44.8 Å². The van der Waals surface area contributed by atoms with E-state index in [-0.39, 0.29) is 11.9 Å². The van der Waals surface area contributed by atoms with E-state index in [1.54, 1.807) is 0 Å². The number of likely N-dealkylation sites (tertiary alicyclic amines) is 1. The van der Waals surface area contributed by atoms with Crippen molar-refractivity contribution in [1.29, 1.82) is 0 Å². The summed E-state index contributed by atoms with van der Waals surface area (Å²) >= 11 is 0. The lowest BCUT2D eigenvalue weighted by molar-refractivity contribution is -0.136. The third-order valence-electron chi connectivity index (χ3n) is 3.69. The topological polar surface area (TPSA) is 78.7 Å². The van der Waals surface area contributed by atoms with Crippen LogP contribution >= 0.6 is 0 Å². The Morgan fingerprint density at radius 3 is 2.39 bits per heavy atom. The van der Waals surface area contributed by atoms with Gasteiger partial charge in [-0.1, -0.05) is 0 Å². The number of rotatable bonds is 1. The van der Waals surface area contributed by atoms with Crippen LogP contribution in [0.2, 0.25) is 0 Å². The molecule has 0 radical (unpaired) electrons. The molecule has 0 spiro atoms. The van der Waals surface area contributed by atoms with Crippen molar-refractivity contribution in [3.63, 3.8) is 0 Å². The van der Waals surface area contributed by atoms with Gasteiger partial charge in [-0.3, -0.25) is 4.79 Å². The van der Waals surface area contributed by atoms with E-state index in [1.165, 1.54) is 4.90 Å². The van der Waals surface area contributed by atoms with E-state index in [1.807, 2.05) is 4.90 Å². The van der Waals surface area contributed by atoms with Crippen molar-refractivity contribution in [2.24, 2.45) is 5.73 Å². The second-order valence-corrected chi connectivity index (χ2v) is 5.40. The van der Waals surface area contributed by atoms with Crippen LogP contribution in [-0.4, -0.2) is 59.5 Å². The Morgan fingerprint density at radius 1 is 1.22 bits per heavy atom. The quantitative estimate of drug-likeness (QED) is 0.676. The predicted molar refractivity (Wildman–Crippen MR) is 68.0 cm³/mol. The van der Waals surface area contributed by atoms with Crippen molar-refractivity contribution < 1.29 is 9.59 Å². The summed E-state index contributed by atoms with van der Waals surface area (Å²) in [6, 6.07) is -0.246. The lowest BCUT2D eigenvalue weighted by atomic mass is 10.1. The van der Waals surface area contributed by atoms with E-state index in [4.69, 9.17) is 5.73 Å². The van der Waals surface area contributed by atoms with E-state index in [0.29, 0.717) is 31.7 Å². The Balaban J connectivity index is 2.04. The average molecular weight is 254 g/mol. The highest BCUT2D eigenvalue weighted by molar-refractivity contribution is 5.87. The number of carbonyl (C=O) groups excluding carboxylic acids is 2. The fraction of sp³-hybridized carbons (Fsp3) is 0.833. The van der Waals surface area contributed by atoms with Crippen LogP contribution in [0.15, 0.2) is 0 Å². The number of primary amides is 1. The molecule has 2 fully saturated rings. The minimum absolute atomic E-state index is 0.0477. The summed E-state index contributed by atoms with van der Waals surface area (Å²) in [6.07, 6.45) is 1.59. The highest BCUT2D eigenvalue weighted by Gasteiger charge is 2.37. The summed E-state index contributed by atoms with van der Waals surface area (Å²) in [5, 5.41) is 3.39. The number of nitrogens with one attached hydrogen (secondary N) is 1. The number of piperazine rings is 1. The van der Waals surface area contributed by atoms with Crippen LogP contribution in [0.3, 0.4) is 0 Å². The minimum Gasteiger partial charge on any atom is -0.351 e. The van der Waals surface area contributed by atoms with Gasteiger partial charge in [-0.05, 0) is 26.7 Å². The van der Waals surface area contributed by atoms with Crippen molar-refractivity contribution in [3.05, 3.63) is 0 Å². The Morgan fingerprint density at radius 2 is 1.83 bits per heavy atom. The summed E-state index contributed by atoms with van der Waals surface area (Å²) in [4.78, 5) is 27.1. The maximum Gasteiger partial charge on any atom is 0.315 e. The molecule has 2 heterocycles. The zero-order valence-electron chi connectivity index (χ0n) is 11.1. The highest BCUT2D eigenvalue weighted by Crippen LogP contribution is 2.20. The molecule has 102 valence electrons. The number of nitrogens with two attached hydrogens (primary N) is 1. The van der Waals surface area contributed by atoms with Gasteiger partial charge in [0.05, 0.1) is 0 Å². The zero-order valence-corrected chi connectivity index (χ0v) is 11.1. The minimum atomic E-state index is -0.484. The number of amides is 3. The predicted octanol–water partition coefficient (Wildman–Crippen LogP) is -0.262. The largest absolute Gasteiger partial charge is 0.351 e. The summed E-state index contributed by atoms with van der Waals surface area (Å²) in [6.45, 7) is 6.13. The summed E-state index contributed by atoms with van der Waals surface area (Å²) in [7, 11) is 0. The Kier molecular flexibility index (Phi) is 3.75. The third kappa shape index (κ3) is 2.58. The van der Waals surface area contributed by atoms with Crippen LogP contribution in [0.4, 0.5) is 4.79 Å². The Bertz CT molecular complexity index is 337. The third-order valence-corrected chi connectivity index (χ3v) is 3.69. The van der Waals surface area contributed by atoms with Crippen LogP contribution in [0, 0.1) is 0 Å². The second-order valence-electron chi connectivity index (χ2n) is 5.40. The first-order valence-corrected chi connectivity index (χ1v) is 6.60. The second kappa shape index (κ2) is 5.14. The number of hydrogen-bond acceptors (Lipinski definition) is 3. The summed E-state index contributed by atoms with van der Waals surface area (Å²) in [5.41, 5.74) is 5.31. The Labute approximate surface area is 107 Å². The van der Waals surface area contributed by atoms with E-state index in [2.05, 4.69) is 19.2 Å². The molecule has 0 aliphatic carbocycles. The van der Waals surface area contributed by atoms with Gasteiger partial charge >= 0.3 is 6.03 Å². The van der Waals surface area contributed by atoms with Crippen molar-refractivity contribution >= 4 is 11.9 Å². The van der Waals surface area contributed by atoms with Crippen LogP contribution in [0.1, 0.15) is 26.7 Å². The maximum atomic E-state index is 12.5. The van der Waals surface area contributed by atoms with E-state index in [9.17, 15) is 9.59 Å². The van der Waals surface area contributed by atoms with Crippen molar-refractivity contribution in [3.8, 4) is 0 Å². The molecule has 2 aliphatic rings. The summed E-state index contributed by atoms with van der Waals surface area (Å²) in [5.74, 6) is 0.0477. The van der Waals surface area contributed by atoms with E-state index < -0.39 is 6.03 Å². The normalized spacial score (nSPS) is 32.7. The van der Waals surface area contributed by atoms with Crippen LogP contribution in [0.25, 0.3) is 0 Å². The van der Waals surface area contributed by atoms with Crippen LogP contribution < -0.4 is 11.1 Å². The molecule has 2 saturated heterocycles. The van der Waals surface area contributed by atoms with Crippen molar-refractivity contribution in [1.82, 2.24) is 15.1 Å². The molecule has 2 aliphatic heterocycles. The molecule has 0 aromatic heterocycles. The van der Waals surface area contributed by atoms with Crippen molar-refractivity contribution in [2.75, 3.05) is 19.6 Å². The van der Waals surface area contributed by atoms with Gasteiger partial charge in [0.1, 0.15) is 6.04 Å². The molecular formula is C12H22N4O2. The molecule has 0 bridgehead atoms. The fourth-order valence-corrected chi connectivity index (χ4v) is 3.00. The molecule has 0 aromatic rings. The SMILES string of the molecule is CC1CN(C(=O)[C@@H]2CCCN2C(N)=O)CC(C)N1. The van der Waals surface area contributed by atoms with Gasteiger partial charge in [0.15, 0.2) is 0 Å². The van der Waals surface area contributed by atoms with Gasteiger partial charge in [-0.25, -0.2) is 4.79 Å². The number of nitrogens with zero attached hydrogens (tertiary/aromatic N) is 2.